The Bertz CT molecular complexity index is 3940. The Balaban J connectivity index is 1.29. The third-order valence-corrected chi connectivity index (χ3v) is 13.6. The van der Waals surface area contributed by atoms with E-state index in [0.29, 0.717) is 46.0 Å². The van der Waals surface area contributed by atoms with Gasteiger partial charge < -0.3 is 9.13 Å². The Morgan fingerprint density at radius 1 is 0.400 bits per heavy atom. The summed E-state index contributed by atoms with van der Waals surface area (Å²) in [5.74, 6) is 0. The monoisotopic (exact) mass is 908 g/mol. The quantitative estimate of drug-likeness (QED) is 0.173. The van der Waals surface area contributed by atoms with Gasteiger partial charge in [-0.15, -0.1) is 0 Å². The predicted octanol–water partition coefficient (Wildman–Crippen LogP) is 15.0. The first kappa shape index (κ1) is 42.2. The largest absolute Gasteiger partial charge is 0.420 e. The molecule has 12 rings (SSSR count). The van der Waals surface area contributed by atoms with Gasteiger partial charge in [-0.05, 0) is 122 Å². The van der Waals surface area contributed by atoms with Crippen LogP contribution in [0.4, 0.5) is 13.2 Å². The molecule has 70 heavy (non-hydrogen) atoms. The number of alkyl halides is 3. The van der Waals surface area contributed by atoms with Gasteiger partial charge >= 0.3 is 6.18 Å². The number of aromatic nitrogens is 2. The summed E-state index contributed by atoms with van der Waals surface area (Å²) in [6.07, 6.45) is 12.6. The van der Waals surface area contributed by atoms with Crippen LogP contribution in [0.25, 0.3) is 99.5 Å². The highest BCUT2D eigenvalue weighted by molar-refractivity contribution is 6.12. The van der Waals surface area contributed by atoms with Crippen molar-refractivity contribution in [2.24, 2.45) is 0 Å². The van der Waals surface area contributed by atoms with Gasteiger partial charge in [0.25, 0.3) is 0 Å². The molecule has 0 saturated heterocycles. The molecule has 4 nitrogen and oxygen atoms in total. The van der Waals surface area contributed by atoms with E-state index in [9.17, 15) is 10.5 Å². The molecular formula is C63H39F3N4. The Kier molecular flexibility index (Phi) is 10.2. The average Bonchev–Trinajstić information content (AvgIpc) is 3.92. The molecule has 2 heterocycles. The summed E-state index contributed by atoms with van der Waals surface area (Å²) in [5, 5.41) is 25.5. The van der Waals surface area contributed by atoms with Gasteiger partial charge in [0.1, 0.15) is 5.56 Å². The number of hydrogen-bond acceptors (Lipinski definition) is 2. The summed E-state index contributed by atoms with van der Waals surface area (Å²) in [5.41, 5.74) is 8.32. The van der Waals surface area contributed by atoms with Gasteiger partial charge in [-0.1, -0.05) is 158 Å². The molecule has 332 valence electrons. The summed E-state index contributed by atoms with van der Waals surface area (Å²) in [6.45, 7) is 0. The van der Waals surface area contributed by atoms with Crippen LogP contribution < -0.4 is 10.4 Å². The van der Waals surface area contributed by atoms with E-state index < -0.39 is 11.7 Å². The maximum Gasteiger partial charge on any atom is 0.420 e. The first-order valence-electron chi connectivity index (χ1n) is 23.1. The van der Waals surface area contributed by atoms with Crippen molar-refractivity contribution in [1.82, 2.24) is 9.13 Å². The Labute approximate surface area is 401 Å². The molecule has 0 bridgehead atoms. The molecule has 0 saturated carbocycles. The highest BCUT2D eigenvalue weighted by Crippen LogP contribution is 2.47. The molecule has 0 fully saturated rings. The van der Waals surface area contributed by atoms with E-state index in [2.05, 4.69) is 48.6 Å². The smallest absolute Gasteiger partial charge is 0.308 e. The van der Waals surface area contributed by atoms with E-state index in [-0.39, 0.29) is 22.5 Å². The van der Waals surface area contributed by atoms with Crippen LogP contribution >= 0.6 is 0 Å². The normalized spacial score (nSPS) is 15.0. The van der Waals surface area contributed by atoms with E-state index in [1.807, 2.05) is 146 Å². The molecule has 2 aliphatic rings. The summed E-state index contributed by atoms with van der Waals surface area (Å²) < 4.78 is 55.0. The average molecular weight is 909 g/mol. The van der Waals surface area contributed by atoms with Crippen molar-refractivity contribution in [3.05, 3.63) is 240 Å². The minimum absolute atomic E-state index is 0.0863. The van der Waals surface area contributed by atoms with E-state index in [1.54, 1.807) is 33.4 Å². The molecule has 0 unspecified atom stereocenters. The zero-order valence-corrected chi connectivity index (χ0v) is 37.5. The van der Waals surface area contributed by atoms with Crippen LogP contribution in [0.3, 0.4) is 0 Å². The van der Waals surface area contributed by atoms with Gasteiger partial charge in [0, 0.05) is 21.5 Å². The lowest BCUT2D eigenvalue weighted by Gasteiger charge is -2.23. The molecule has 0 atom stereocenters. The maximum absolute atomic E-state index is 17.1. The molecule has 0 spiro atoms. The molecule has 0 N–H and O–H groups in total. The van der Waals surface area contributed by atoms with Crippen molar-refractivity contribution >= 4 is 54.8 Å². The number of rotatable bonds is 5. The molecule has 0 radical (unpaired) electrons. The van der Waals surface area contributed by atoms with Crippen molar-refractivity contribution in [2.75, 3.05) is 0 Å². The minimum Gasteiger partial charge on any atom is -0.308 e. The third-order valence-electron chi connectivity index (χ3n) is 13.6. The molecule has 8 aromatic carbocycles. The Morgan fingerprint density at radius 2 is 0.814 bits per heavy atom. The molecule has 10 aromatic rings. The van der Waals surface area contributed by atoms with Crippen LogP contribution in [-0.2, 0) is 6.18 Å². The lowest BCUT2D eigenvalue weighted by atomic mass is 9.96. The van der Waals surface area contributed by atoms with Crippen molar-refractivity contribution < 1.29 is 13.2 Å². The fourth-order valence-electron chi connectivity index (χ4n) is 10.4. The summed E-state index contributed by atoms with van der Waals surface area (Å²) in [7, 11) is 0. The standard InChI is InChI=1S/C63H39F3N4/c64-63(65,66)62-60(69-56-32-46(42-13-5-1-6-14-42)21-25-52(56)53-26-22-47(33-57(53)69)43-15-7-2-8-16-43)36-51(50-30-40(38-67)29-41(31-50)39-68)37-61(62)70-58-34-48(44-17-9-3-10-18-44)23-27-54(58)55-28-24-49(35-59(55)70)45-19-11-4-12-20-45/h1-17,19,21-37H,18,20H2. The van der Waals surface area contributed by atoms with E-state index in [1.165, 1.54) is 6.07 Å². The van der Waals surface area contributed by atoms with Crippen molar-refractivity contribution in [2.45, 2.75) is 19.0 Å². The van der Waals surface area contributed by atoms with E-state index >= 15 is 13.2 Å². The fourth-order valence-corrected chi connectivity index (χ4v) is 10.4. The fraction of sp³-hybridized carbons (Fsp3) is 0.0476. The van der Waals surface area contributed by atoms with Gasteiger partial charge in [0.15, 0.2) is 0 Å². The highest BCUT2D eigenvalue weighted by atomic mass is 19.4. The second-order valence-electron chi connectivity index (χ2n) is 17.8. The van der Waals surface area contributed by atoms with Gasteiger partial charge in [-0.2, -0.15) is 23.7 Å². The molecule has 2 aliphatic carbocycles. The molecule has 7 heteroatoms. The number of allylic oxidation sites excluding steroid dienone is 8. The summed E-state index contributed by atoms with van der Waals surface area (Å²) in [4.78, 5) is 0. The topological polar surface area (TPSA) is 57.4 Å². The van der Waals surface area contributed by atoms with Crippen LogP contribution in [0.2, 0.25) is 0 Å². The predicted molar refractivity (Wildman–Crippen MR) is 278 cm³/mol. The Morgan fingerprint density at radius 3 is 1.21 bits per heavy atom. The van der Waals surface area contributed by atoms with E-state index in [4.69, 9.17) is 0 Å². The van der Waals surface area contributed by atoms with Gasteiger partial charge in [-0.3, -0.25) is 0 Å². The molecule has 0 amide bonds. The minimum atomic E-state index is -4.91. The first-order valence-corrected chi connectivity index (χ1v) is 23.1. The summed E-state index contributed by atoms with van der Waals surface area (Å²) >= 11 is 0. The second kappa shape index (κ2) is 16.9. The SMILES string of the molecule is N#Cc1cc(C#N)cc(-c2cc(-n3c4cc(-c5ccccc5)ccc4c4ccc(-c5ccccc5)cc43)c(C(F)(F)F)c(-n3c4cc(=C5C=CC=CC5)ccc4c4ccc(=C5C=CC=CC5)cc43)c2)c1. The maximum atomic E-state index is 17.1. The molecule has 2 aromatic heterocycles. The molecule has 0 aliphatic heterocycles. The zero-order chi connectivity index (χ0) is 47.5. The van der Waals surface area contributed by atoms with Crippen LogP contribution in [0.15, 0.2) is 212 Å². The van der Waals surface area contributed by atoms with Gasteiger partial charge in [0.05, 0.1) is 56.7 Å². The Hall–Kier alpha value is -9.17. The number of fused-ring (bicyclic) bond motifs is 6. The van der Waals surface area contributed by atoms with E-state index in [0.717, 1.165) is 65.4 Å². The van der Waals surface area contributed by atoms with Crippen LogP contribution in [0.5, 0.6) is 0 Å². The number of nitriles is 2. The van der Waals surface area contributed by atoms with Gasteiger partial charge in [0.2, 0.25) is 0 Å². The van der Waals surface area contributed by atoms with Crippen LogP contribution in [0.1, 0.15) is 29.5 Å². The third kappa shape index (κ3) is 7.24. The van der Waals surface area contributed by atoms with Crippen molar-refractivity contribution in [1.29, 1.82) is 10.5 Å². The van der Waals surface area contributed by atoms with Crippen molar-refractivity contribution in [3.8, 4) is 56.9 Å². The first-order chi connectivity index (χ1) is 34.2. The number of halogens is 3. The van der Waals surface area contributed by atoms with Crippen LogP contribution in [0, 0.1) is 22.7 Å². The number of benzene rings is 8. The van der Waals surface area contributed by atoms with Gasteiger partial charge in [-0.25, -0.2) is 0 Å². The second-order valence-corrected chi connectivity index (χ2v) is 17.8. The summed E-state index contributed by atoms with van der Waals surface area (Å²) in [6, 6.07) is 56.2. The highest BCUT2D eigenvalue weighted by Gasteiger charge is 2.40. The van der Waals surface area contributed by atoms with Crippen LogP contribution in [-0.4, -0.2) is 9.13 Å². The van der Waals surface area contributed by atoms with Crippen molar-refractivity contribution in [3.63, 3.8) is 0 Å². The number of nitrogens with zero attached hydrogens (tertiary/aromatic N) is 4. The lowest BCUT2D eigenvalue weighted by molar-refractivity contribution is -0.137. The molecular weight excluding hydrogens is 870 g/mol. The zero-order valence-electron chi connectivity index (χ0n) is 37.5. The lowest BCUT2D eigenvalue weighted by Crippen LogP contribution is -2.17. The number of hydrogen-bond donors (Lipinski definition) is 0.